The second-order valence-electron chi connectivity index (χ2n) is 3.83. The Morgan fingerprint density at radius 3 is 2.22 bits per heavy atom. The third kappa shape index (κ3) is 6.48. The molecule has 18 heavy (non-hydrogen) atoms. The van der Waals surface area contributed by atoms with Crippen molar-refractivity contribution in [2.24, 2.45) is 4.99 Å². The molecule has 0 radical (unpaired) electrons. The van der Waals surface area contributed by atoms with Crippen LogP contribution in [0.3, 0.4) is 0 Å². The highest BCUT2D eigenvalue weighted by Gasteiger charge is 2.12. The zero-order valence-corrected chi connectivity index (χ0v) is 12.4. The molecule has 4 amide bonds. The van der Waals surface area contributed by atoms with E-state index in [-0.39, 0.29) is 12.1 Å². The Morgan fingerprint density at radius 2 is 1.83 bits per heavy atom. The Kier molecular flexibility index (Phi) is 8.19. The highest BCUT2D eigenvalue weighted by molar-refractivity contribution is 8.13. The summed E-state index contributed by atoms with van der Waals surface area (Å²) in [5.74, 6) is 0. The summed E-state index contributed by atoms with van der Waals surface area (Å²) in [6.07, 6.45) is 1.75. The van der Waals surface area contributed by atoms with E-state index in [1.807, 2.05) is 27.7 Å². The normalized spacial score (nSPS) is 11.3. The lowest BCUT2D eigenvalue weighted by atomic mass is 10.4. The number of rotatable bonds is 3. The zero-order chi connectivity index (χ0) is 14.1. The van der Waals surface area contributed by atoms with Gasteiger partial charge in [-0.3, -0.25) is 5.32 Å². The van der Waals surface area contributed by atoms with Crippen LogP contribution in [0.15, 0.2) is 4.99 Å². The van der Waals surface area contributed by atoms with Crippen LogP contribution in [0.4, 0.5) is 9.59 Å². The van der Waals surface area contributed by atoms with Crippen LogP contribution < -0.4 is 10.6 Å². The van der Waals surface area contributed by atoms with E-state index in [0.717, 1.165) is 0 Å². The average Bonchev–Trinajstić information content (AvgIpc) is 2.28. The Morgan fingerprint density at radius 1 is 1.28 bits per heavy atom. The van der Waals surface area contributed by atoms with Crippen molar-refractivity contribution in [3.8, 4) is 0 Å². The lowest BCUT2D eigenvalue weighted by molar-refractivity contribution is 0.208. The van der Waals surface area contributed by atoms with E-state index in [9.17, 15) is 9.59 Å². The molecular formula is C11H22N4O2S. The molecule has 0 aromatic heterocycles. The van der Waals surface area contributed by atoms with Crippen LogP contribution in [0, 0.1) is 0 Å². The molecule has 0 unspecified atom stereocenters. The molecule has 0 spiro atoms. The van der Waals surface area contributed by atoms with Crippen molar-refractivity contribution in [2.75, 3.05) is 19.3 Å². The van der Waals surface area contributed by atoms with Gasteiger partial charge in [0, 0.05) is 19.1 Å². The molecule has 0 heterocycles. The summed E-state index contributed by atoms with van der Waals surface area (Å²) in [7, 11) is 0. The SMILES string of the molecule is CCN(CC)C(=O)NC(=NC(=O)NC(C)C)SC. The minimum absolute atomic E-state index is 0.0165. The van der Waals surface area contributed by atoms with Gasteiger partial charge in [0.1, 0.15) is 0 Å². The van der Waals surface area contributed by atoms with E-state index in [2.05, 4.69) is 15.6 Å². The second-order valence-corrected chi connectivity index (χ2v) is 4.62. The van der Waals surface area contributed by atoms with E-state index in [0.29, 0.717) is 18.3 Å². The number of hydrogen-bond acceptors (Lipinski definition) is 3. The maximum absolute atomic E-state index is 11.8. The Labute approximate surface area is 113 Å². The number of hydrogen-bond donors (Lipinski definition) is 2. The summed E-state index contributed by atoms with van der Waals surface area (Å²) in [6, 6.07) is -0.678. The van der Waals surface area contributed by atoms with Gasteiger partial charge in [0.05, 0.1) is 0 Å². The van der Waals surface area contributed by atoms with Crippen LogP contribution >= 0.6 is 11.8 Å². The number of amides is 4. The van der Waals surface area contributed by atoms with Gasteiger partial charge in [0.15, 0.2) is 5.17 Å². The van der Waals surface area contributed by atoms with Gasteiger partial charge in [0.25, 0.3) is 0 Å². The van der Waals surface area contributed by atoms with Crippen LogP contribution in [0.1, 0.15) is 27.7 Å². The lowest BCUT2D eigenvalue weighted by Crippen LogP contribution is -2.42. The van der Waals surface area contributed by atoms with Crippen molar-refractivity contribution in [1.82, 2.24) is 15.5 Å². The Hall–Kier alpha value is -1.24. The zero-order valence-electron chi connectivity index (χ0n) is 11.6. The minimum Gasteiger partial charge on any atom is -0.334 e. The van der Waals surface area contributed by atoms with Gasteiger partial charge >= 0.3 is 12.1 Å². The summed E-state index contributed by atoms with van der Waals surface area (Å²) in [4.78, 5) is 28.6. The van der Waals surface area contributed by atoms with Crippen molar-refractivity contribution in [1.29, 1.82) is 0 Å². The van der Waals surface area contributed by atoms with Gasteiger partial charge in [-0.2, -0.15) is 4.99 Å². The van der Waals surface area contributed by atoms with Crippen LogP contribution in [0.25, 0.3) is 0 Å². The standard InChI is InChI=1S/C11H22N4O2S/c1-6-15(7-2)11(17)14-10(18-5)13-9(16)12-8(3)4/h8H,6-7H2,1-5H3,(H2,12,13,14,16,17). The van der Waals surface area contributed by atoms with Crippen LogP contribution in [0.5, 0.6) is 0 Å². The molecule has 0 aliphatic carbocycles. The topological polar surface area (TPSA) is 73.8 Å². The van der Waals surface area contributed by atoms with Gasteiger partial charge in [-0.15, -0.1) is 0 Å². The Bertz CT molecular complexity index is 314. The fraction of sp³-hybridized carbons (Fsp3) is 0.727. The summed E-state index contributed by atoms with van der Waals surface area (Å²) >= 11 is 1.22. The number of amidine groups is 1. The molecule has 0 fully saturated rings. The Balaban J connectivity index is 4.55. The molecule has 104 valence electrons. The van der Waals surface area contributed by atoms with E-state index >= 15 is 0 Å². The molecule has 0 saturated heterocycles. The van der Waals surface area contributed by atoms with E-state index in [4.69, 9.17) is 0 Å². The fourth-order valence-electron chi connectivity index (χ4n) is 1.18. The smallest absolute Gasteiger partial charge is 0.334 e. The van der Waals surface area contributed by atoms with Gasteiger partial charge in [0.2, 0.25) is 0 Å². The van der Waals surface area contributed by atoms with Crippen LogP contribution in [0.2, 0.25) is 0 Å². The molecule has 6 nitrogen and oxygen atoms in total. The first-order valence-corrected chi connectivity index (χ1v) is 7.16. The van der Waals surface area contributed by atoms with E-state index in [1.54, 1.807) is 11.2 Å². The van der Waals surface area contributed by atoms with Gasteiger partial charge < -0.3 is 10.2 Å². The van der Waals surface area contributed by atoms with E-state index < -0.39 is 6.03 Å². The number of thioether (sulfide) groups is 1. The fourth-order valence-corrected chi connectivity index (χ4v) is 1.54. The van der Waals surface area contributed by atoms with Gasteiger partial charge in [-0.25, -0.2) is 9.59 Å². The van der Waals surface area contributed by atoms with Crippen molar-refractivity contribution >= 4 is 29.0 Å². The molecule has 0 aromatic rings. The van der Waals surface area contributed by atoms with Crippen LogP contribution in [-0.4, -0.2) is 47.5 Å². The summed E-state index contributed by atoms with van der Waals surface area (Å²) < 4.78 is 0. The van der Waals surface area contributed by atoms with Crippen molar-refractivity contribution in [3.63, 3.8) is 0 Å². The highest BCUT2D eigenvalue weighted by atomic mass is 32.2. The highest BCUT2D eigenvalue weighted by Crippen LogP contribution is 1.98. The van der Waals surface area contributed by atoms with Crippen molar-refractivity contribution in [3.05, 3.63) is 0 Å². The largest absolute Gasteiger partial charge is 0.343 e. The molecule has 0 aromatic carbocycles. The first-order chi connectivity index (χ1) is 8.44. The monoisotopic (exact) mass is 274 g/mol. The van der Waals surface area contributed by atoms with E-state index in [1.165, 1.54) is 11.8 Å². The first-order valence-electron chi connectivity index (χ1n) is 5.93. The quantitative estimate of drug-likeness (QED) is 0.609. The predicted octanol–water partition coefficient (Wildman–Crippen LogP) is 1.87. The second kappa shape index (κ2) is 8.79. The molecule has 0 aliphatic rings. The maximum Gasteiger partial charge on any atom is 0.343 e. The molecule has 2 N–H and O–H groups in total. The third-order valence-electron chi connectivity index (χ3n) is 2.07. The number of urea groups is 2. The van der Waals surface area contributed by atoms with Gasteiger partial charge in [-0.05, 0) is 34.0 Å². The maximum atomic E-state index is 11.8. The third-order valence-corrected chi connectivity index (χ3v) is 2.65. The number of carbonyl (C=O) groups excluding carboxylic acids is 2. The number of nitrogens with one attached hydrogen (secondary N) is 2. The molecule has 0 rings (SSSR count). The molecule has 0 atom stereocenters. The molecule has 0 bridgehead atoms. The number of aliphatic imine (C=N–C) groups is 1. The lowest BCUT2D eigenvalue weighted by Gasteiger charge is -2.19. The van der Waals surface area contributed by atoms with Crippen LogP contribution in [-0.2, 0) is 0 Å². The number of nitrogens with zero attached hydrogens (tertiary/aromatic N) is 2. The van der Waals surface area contributed by atoms with Crippen molar-refractivity contribution in [2.45, 2.75) is 33.7 Å². The van der Waals surface area contributed by atoms with Crippen molar-refractivity contribution < 1.29 is 9.59 Å². The minimum atomic E-state index is -0.450. The average molecular weight is 274 g/mol. The summed E-state index contributed by atoms with van der Waals surface area (Å²) in [5, 5.41) is 5.54. The summed E-state index contributed by atoms with van der Waals surface area (Å²) in [6.45, 7) is 8.71. The first kappa shape index (κ1) is 16.8. The molecule has 0 saturated carbocycles. The molecular weight excluding hydrogens is 252 g/mol. The predicted molar refractivity (Wildman–Crippen MR) is 76.1 cm³/mol. The van der Waals surface area contributed by atoms with Gasteiger partial charge in [-0.1, -0.05) is 11.8 Å². The number of carbonyl (C=O) groups is 2. The molecule has 7 heteroatoms. The molecule has 0 aliphatic heterocycles. The summed E-state index contributed by atoms with van der Waals surface area (Å²) in [5.41, 5.74) is 0.